The number of allylic oxidation sites excluding steroid dienone is 1. The first kappa shape index (κ1) is 15.2. The van der Waals surface area contributed by atoms with Crippen molar-refractivity contribution in [3.05, 3.63) is 12.7 Å². The van der Waals surface area contributed by atoms with Crippen LogP contribution in [0.2, 0.25) is 0 Å². The number of ether oxygens (including phenoxy) is 2. The van der Waals surface area contributed by atoms with E-state index in [0.29, 0.717) is 0 Å². The molecule has 0 amide bonds. The Morgan fingerprint density at radius 1 is 1.29 bits per heavy atom. The molecule has 0 aromatic heterocycles. The summed E-state index contributed by atoms with van der Waals surface area (Å²) in [6.07, 6.45) is 6.72. The smallest absolute Gasteiger partial charge is 0.324 e. The van der Waals surface area contributed by atoms with Crippen molar-refractivity contribution in [1.29, 1.82) is 0 Å². The van der Waals surface area contributed by atoms with Gasteiger partial charge < -0.3 is 9.47 Å². The van der Waals surface area contributed by atoms with Crippen LogP contribution in [0.3, 0.4) is 0 Å². The van der Waals surface area contributed by atoms with Crippen molar-refractivity contribution in [2.45, 2.75) is 26.7 Å². The second kappa shape index (κ2) is 7.50. The van der Waals surface area contributed by atoms with Gasteiger partial charge in [0.25, 0.3) is 0 Å². The van der Waals surface area contributed by atoms with Crippen molar-refractivity contribution in [2.24, 2.45) is 5.41 Å². The summed E-state index contributed by atoms with van der Waals surface area (Å²) in [4.78, 5) is 23.8. The topological polar surface area (TPSA) is 52.6 Å². The summed E-state index contributed by atoms with van der Waals surface area (Å²) in [7, 11) is 0. The lowest BCUT2D eigenvalue weighted by molar-refractivity contribution is -0.171. The van der Waals surface area contributed by atoms with Crippen LogP contribution in [0.4, 0.5) is 0 Å². The van der Waals surface area contributed by atoms with E-state index in [9.17, 15) is 9.59 Å². The molecule has 0 radical (unpaired) electrons. The molecule has 0 saturated heterocycles. The largest absolute Gasteiger partial charge is 0.465 e. The summed E-state index contributed by atoms with van der Waals surface area (Å²) in [5.41, 5.74) is -1.46. The van der Waals surface area contributed by atoms with E-state index in [2.05, 4.69) is 12.5 Å². The van der Waals surface area contributed by atoms with Crippen molar-refractivity contribution in [1.82, 2.24) is 0 Å². The molecule has 94 valence electrons. The summed E-state index contributed by atoms with van der Waals surface area (Å²) >= 11 is 0. The number of rotatable bonds is 7. The number of terminal acetylenes is 1. The molecule has 17 heavy (non-hydrogen) atoms. The maximum absolute atomic E-state index is 11.9. The fourth-order valence-corrected chi connectivity index (χ4v) is 1.43. The van der Waals surface area contributed by atoms with Gasteiger partial charge >= 0.3 is 11.9 Å². The third-order valence-electron chi connectivity index (χ3n) is 2.23. The highest BCUT2D eigenvalue weighted by Gasteiger charge is 2.47. The average Bonchev–Trinajstić information content (AvgIpc) is 2.29. The molecule has 4 nitrogen and oxygen atoms in total. The molecule has 0 unspecified atom stereocenters. The fourth-order valence-electron chi connectivity index (χ4n) is 1.43. The van der Waals surface area contributed by atoms with Crippen molar-refractivity contribution in [2.75, 3.05) is 13.2 Å². The van der Waals surface area contributed by atoms with Gasteiger partial charge in [0, 0.05) is 6.42 Å². The van der Waals surface area contributed by atoms with Gasteiger partial charge in [-0.1, -0.05) is 6.08 Å². The van der Waals surface area contributed by atoms with Gasteiger partial charge in [0.15, 0.2) is 5.41 Å². The number of hydrogen-bond acceptors (Lipinski definition) is 4. The van der Waals surface area contributed by atoms with E-state index in [-0.39, 0.29) is 26.1 Å². The zero-order chi connectivity index (χ0) is 13.3. The molecule has 0 aliphatic carbocycles. The third kappa shape index (κ3) is 3.63. The number of carbonyl (C=O) groups is 2. The fraction of sp³-hybridized carbons (Fsp3) is 0.538. The molecular weight excluding hydrogens is 220 g/mol. The second-order valence-electron chi connectivity index (χ2n) is 3.40. The van der Waals surface area contributed by atoms with Crippen LogP contribution in [0.5, 0.6) is 0 Å². The molecule has 0 aromatic carbocycles. The highest BCUT2D eigenvalue weighted by Crippen LogP contribution is 2.30. The van der Waals surface area contributed by atoms with Crippen molar-refractivity contribution < 1.29 is 19.1 Å². The van der Waals surface area contributed by atoms with E-state index in [4.69, 9.17) is 15.9 Å². The maximum atomic E-state index is 11.9. The van der Waals surface area contributed by atoms with Crippen LogP contribution in [0.15, 0.2) is 12.7 Å². The molecular formula is C13H18O4. The first-order chi connectivity index (χ1) is 8.08. The lowest BCUT2D eigenvalue weighted by atomic mass is 9.81. The van der Waals surface area contributed by atoms with Crippen LogP contribution in [-0.4, -0.2) is 25.2 Å². The Bertz CT molecular complexity index is 307. The van der Waals surface area contributed by atoms with Gasteiger partial charge in [0.2, 0.25) is 0 Å². The molecule has 0 aromatic rings. The zero-order valence-electron chi connectivity index (χ0n) is 10.3. The summed E-state index contributed by atoms with van der Waals surface area (Å²) in [6.45, 7) is 7.22. The monoisotopic (exact) mass is 238 g/mol. The minimum absolute atomic E-state index is 0.0588. The van der Waals surface area contributed by atoms with Gasteiger partial charge in [-0.2, -0.15) is 0 Å². The number of carbonyl (C=O) groups excluding carboxylic acids is 2. The molecule has 4 heteroatoms. The van der Waals surface area contributed by atoms with Gasteiger partial charge in [0.1, 0.15) is 0 Å². The quantitative estimate of drug-likeness (QED) is 0.293. The van der Waals surface area contributed by atoms with Gasteiger partial charge in [-0.05, 0) is 20.3 Å². The van der Waals surface area contributed by atoms with Gasteiger partial charge in [-0.15, -0.1) is 18.9 Å². The molecule has 0 heterocycles. The van der Waals surface area contributed by atoms with Crippen molar-refractivity contribution >= 4 is 11.9 Å². The van der Waals surface area contributed by atoms with E-state index in [0.717, 1.165) is 0 Å². The van der Waals surface area contributed by atoms with Gasteiger partial charge in [-0.3, -0.25) is 9.59 Å². The number of esters is 2. The lowest BCUT2D eigenvalue weighted by Crippen LogP contribution is -2.41. The highest BCUT2D eigenvalue weighted by molar-refractivity contribution is 6.00. The van der Waals surface area contributed by atoms with Crippen LogP contribution in [-0.2, 0) is 19.1 Å². The molecule has 0 bridgehead atoms. The molecule has 0 rings (SSSR count). The molecule has 0 spiro atoms. The summed E-state index contributed by atoms with van der Waals surface area (Å²) in [5, 5.41) is 0. The van der Waals surface area contributed by atoms with E-state index >= 15 is 0 Å². The Morgan fingerprint density at radius 2 is 1.76 bits per heavy atom. The first-order valence-corrected chi connectivity index (χ1v) is 5.47. The summed E-state index contributed by atoms with van der Waals surface area (Å²) < 4.78 is 9.79. The van der Waals surface area contributed by atoms with Crippen LogP contribution in [0, 0.1) is 17.8 Å². The van der Waals surface area contributed by atoms with E-state index in [1.54, 1.807) is 13.8 Å². The van der Waals surface area contributed by atoms with Crippen molar-refractivity contribution in [3.8, 4) is 12.3 Å². The molecule has 0 saturated carbocycles. The van der Waals surface area contributed by atoms with Crippen LogP contribution in [0.25, 0.3) is 0 Å². The van der Waals surface area contributed by atoms with Crippen molar-refractivity contribution in [3.63, 3.8) is 0 Å². The summed E-state index contributed by atoms with van der Waals surface area (Å²) in [5.74, 6) is 1.01. The highest BCUT2D eigenvalue weighted by atomic mass is 16.6. The molecule has 0 N–H and O–H groups in total. The van der Waals surface area contributed by atoms with E-state index < -0.39 is 17.4 Å². The minimum atomic E-state index is -1.46. The Kier molecular flexibility index (Phi) is 6.73. The third-order valence-corrected chi connectivity index (χ3v) is 2.23. The summed E-state index contributed by atoms with van der Waals surface area (Å²) in [6, 6.07) is 0. The van der Waals surface area contributed by atoms with E-state index in [1.165, 1.54) is 6.08 Å². The number of hydrogen-bond donors (Lipinski definition) is 0. The lowest BCUT2D eigenvalue weighted by Gasteiger charge is -2.25. The first-order valence-electron chi connectivity index (χ1n) is 5.47. The molecule has 0 fully saturated rings. The Balaban J connectivity index is 5.25. The van der Waals surface area contributed by atoms with E-state index in [1.807, 2.05) is 0 Å². The molecule has 0 aliphatic heterocycles. The average molecular weight is 238 g/mol. The molecule has 0 aliphatic rings. The Labute approximate surface area is 102 Å². The van der Waals surface area contributed by atoms with Crippen LogP contribution < -0.4 is 0 Å². The van der Waals surface area contributed by atoms with Crippen LogP contribution >= 0.6 is 0 Å². The predicted molar refractivity (Wildman–Crippen MR) is 64.0 cm³/mol. The van der Waals surface area contributed by atoms with Crippen LogP contribution in [0.1, 0.15) is 26.7 Å². The maximum Gasteiger partial charge on any atom is 0.324 e. The van der Waals surface area contributed by atoms with Gasteiger partial charge in [0.05, 0.1) is 13.2 Å². The Hall–Kier alpha value is -1.76. The standard InChI is InChI=1S/C13H18O4/c1-5-9-13(10-6-2,11(14)16-7-3)12(15)17-8-4/h1,6H,2,7-10H2,3-4H3. The van der Waals surface area contributed by atoms with Gasteiger partial charge in [-0.25, -0.2) is 0 Å². The SMILES string of the molecule is C#CCC(CC=C)(C(=O)OCC)C(=O)OCC. The normalized spacial score (nSPS) is 10.2. The molecule has 0 atom stereocenters. The second-order valence-corrected chi connectivity index (χ2v) is 3.40. The Morgan fingerprint density at radius 3 is 2.06 bits per heavy atom. The minimum Gasteiger partial charge on any atom is -0.465 e. The zero-order valence-corrected chi connectivity index (χ0v) is 10.3. The predicted octanol–water partition coefficient (Wildman–Crippen LogP) is 1.70.